The van der Waals surface area contributed by atoms with Crippen LogP contribution in [0.25, 0.3) is 0 Å². The van der Waals surface area contributed by atoms with Gasteiger partial charge in [0, 0.05) is 6.61 Å². The molecule has 2 nitrogen and oxygen atoms in total. The van der Waals surface area contributed by atoms with Crippen molar-refractivity contribution in [3.8, 4) is 0 Å². The molecule has 2 heteroatoms. The van der Waals surface area contributed by atoms with Gasteiger partial charge >= 0.3 is 0 Å². The lowest BCUT2D eigenvalue weighted by molar-refractivity contribution is 0.0596. The molecule has 0 aliphatic carbocycles. The van der Waals surface area contributed by atoms with Gasteiger partial charge in [-0.15, -0.1) is 0 Å². The van der Waals surface area contributed by atoms with Crippen LogP contribution in [0.15, 0.2) is 30.3 Å². The molecule has 1 aromatic carbocycles. The van der Waals surface area contributed by atoms with Gasteiger partial charge in [-0.25, -0.2) is 0 Å². The molecule has 0 spiro atoms. The predicted molar refractivity (Wildman–Crippen MR) is 75.8 cm³/mol. The van der Waals surface area contributed by atoms with E-state index in [0.717, 1.165) is 26.1 Å². The van der Waals surface area contributed by atoms with Gasteiger partial charge in [-0.3, -0.25) is 0 Å². The summed E-state index contributed by atoms with van der Waals surface area (Å²) in [5.41, 5.74) is 1.44. The Bertz CT molecular complexity index is 319. The molecule has 1 saturated heterocycles. The van der Waals surface area contributed by atoms with Crippen LogP contribution in [0.3, 0.4) is 0 Å². The van der Waals surface area contributed by atoms with Crippen LogP contribution in [0.5, 0.6) is 0 Å². The van der Waals surface area contributed by atoms with Gasteiger partial charge in [-0.2, -0.15) is 0 Å². The van der Waals surface area contributed by atoms with Gasteiger partial charge in [0.2, 0.25) is 0 Å². The standard InChI is InChI=1S/C16H25NO/c1-2-17-11-10-15(16-9-6-12-18-16)13-14-7-4-3-5-8-14/h3-5,7-8,15-17H,2,6,9-13H2,1H3/t15-,16+/m1/s1. The number of nitrogens with one attached hydrogen (secondary N) is 1. The SMILES string of the molecule is CCNCC[C@H](Cc1ccccc1)[C@@H]1CCCO1. The first-order chi connectivity index (χ1) is 8.90. The largest absolute Gasteiger partial charge is 0.378 e. The molecular weight excluding hydrogens is 222 g/mol. The van der Waals surface area contributed by atoms with E-state index >= 15 is 0 Å². The molecule has 1 aromatic rings. The van der Waals surface area contributed by atoms with Crippen LogP contribution in [0.4, 0.5) is 0 Å². The Labute approximate surface area is 111 Å². The number of benzene rings is 1. The van der Waals surface area contributed by atoms with Gasteiger partial charge in [0.15, 0.2) is 0 Å². The molecule has 0 amide bonds. The average molecular weight is 247 g/mol. The van der Waals surface area contributed by atoms with Crippen molar-refractivity contribution in [3.05, 3.63) is 35.9 Å². The van der Waals surface area contributed by atoms with Crippen LogP contribution >= 0.6 is 0 Å². The highest BCUT2D eigenvalue weighted by Gasteiger charge is 2.25. The zero-order valence-electron chi connectivity index (χ0n) is 11.4. The fourth-order valence-electron chi connectivity index (χ4n) is 2.77. The third-order valence-corrected chi connectivity index (χ3v) is 3.77. The molecule has 0 radical (unpaired) electrons. The smallest absolute Gasteiger partial charge is 0.0607 e. The molecule has 0 aromatic heterocycles. The van der Waals surface area contributed by atoms with E-state index in [2.05, 4.69) is 42.6 Å². The summed E-state index contributed by atoms with van der Waals surface area (Å²) < 4.78 is 5.89. The minimum Gasteiger partial charge on any atom is -0.378 e. The Morgan fingerprint density at radius 1 is 1.33 bits per heavy atom. The first-order valence-corrected chi connectivity index (χ1v) is 7.26. The average Bonchev–Trinajstić information content (AvgIpc) is 2.93. The fraction of sp³-hybridized carbons (Fsp3) is 0.625. The normalized spacial score (nSPS) is 21.1. The number of ether oxygens (including phenoxy) is 1. The molecule has 1 aliphatic rings. The van der Waals surface area contributed by atoms with E-state index in [9.17, 15) is 0 Å². The molecule has 0 saturated carbocycles. The molecule has 100 valence electrons. The van der Waals surface area contributed by atoms with E-state index < -0.39 is 0 Å². The zero-order valence-corrected chi connectivity index (χ0v) is 11.4. The number of hydrogen-bond donors (Lipinski definition) is 1. The summed E-state index contributed by atoms with van der Waals surface area (Å²) in [6, 6.07) is 10.8. The van der Waals surface area contributed by atoms with Gasteiger partial charge in [-0.1, -0.05) is 37.3 Å². The van der Waals surface area contributed by atoms with E-state index in [4.69, 9.17) is 4.74 Å². The second-order valence-electron chi connectivity index (χ2n) is 5.14. The molecule has 2 atom stereocenters. The Hall–Kier alpha value is -0.860. The van der Waals surface area contributed by atoms with Gasteiger partial charge in [-0.05, 0) is 50.3 Å². The van der Waals surface area contributed by atoms with E-state index in [0.29, 0.717) is 12.0 Å². The van der Waals surface area contributed by atoms with Crippen LogP contribution in [-0.2, 0) is 11.2 Å². The number of rotatable bonds is 7. The highest BCUT2D eigenvalue weighted by atomic mass is 16.5. The van der Waals surface area contributed by atoms with Gasteiger partial charge in [0.25, 0.3) is 0 Å². The van der Waals surface area contributed by atoms with Crippen molar-refractivity contribution in [2.45, 2.75) is 38.7 Å². The lowest BCUT2D eigenvalue weighted by Crippen LogP contribution is -2.26. The molecule has 1 heterocycles. The van der Waals surface area contributed by atoms with E-state index in [1.54, 1.807) is 0 Å². The van der Waals surface area contributed by atoms with E-state index in [1.165, 1.54) is 24.8 Å². The third-order valence-electron chi connectivity index (χ3n) is 3.77. The maximum Gasteiger partial charge on any atom is 0.0607 e. The summed E-state index contributed by atoms with van der Waals surface area (Å²) in [6.07, 6.45) is 5.31. The maximum absolute atomic E-state index is 5.89. The van der Waals surface area contributed by atoms with Crippen LogP contribution < -0.4 is 5.32 Å². The molecule has 1 N–H and O–H groups in total. The first kappa shape index (κ1) is 13.6. The maximum atomic E-state index is 5.89. The lowest BCUT2D eigenvalue weighted by Gasteiger charge is -2.23. The van der Waals surface area contributed by atoms with Gasteiger partial charge < -0.3 is 10.1 Å². The van der Waals surface area contributed by atoms with Crippen molar-refractivity contribution in [1.29, 1.82) is 0 Å². The second kappa shape index (κ2) is 7.55. The van der Waals surface area contributed by atoms with Gasteiger partial charge in [0.1, 0.15) is 0 Å². The van der Waals surface area contributed by atoms with Crippen molar-refractivity contribution < 1.29 is 4.74 Å². The summed E-state index contributed by atoms with van der Waals surface area (Å²) >= 11 is 0. The van der Waals surface area contributed by atoms with Crippen molar-refractivity contribution in [3.63, 3.8) is 0 Å². The van der Waals surface area contributed by atoms with Crippen molar-refractivity contribution >= 4 is 0 Å². The number of hydrogen-bond acceptors (Lipinski definition) is 2. The lowest BCUT2D eigenvalue weighted by atomic mass is 9.89. The molecule has 1 aliphatic heterocycles. The van der Waals surface area contributed by atoms with E-state index in [1.807, 2.05) is 0 Å². The van der Waals surface area contributed by atoms with Gasteiger partial charge in [0.05, 0.1) is 6.10 Å². The quantitative estimate of drug-likeness (QED) is 0.748. The summed E-state index contributed by atoms with van der Waals surface area (Å²) in [5.74, 6) is 0.661. The molecular formula is C16H25NO. The molecule has 18 heavy (non-hydrogen) atoms. The minimum atomic E-state index is 0.476. The monoisotopic (exact) mass is 247 g/mol. The fourth-order valence-corrected chi connectivity index (χ4v) is 2.77. The summed E-state index contributed by atoms with van der Waals surface area (Å²) in [7, 11) is 0. The van der Waals surface area contributed by atoms with Crippen molar-refractivity contribution in [2.24, 2.45) is 5.92 Å². The Kier molecular flexibility index (Phi) is 5.69. The Morgan fingerprint density at radius 2 is 2.17 bits per heavy atom. The van der Waals surface area contributed by atoms with Crippen LogP contribution in [-0.4, -0.2) is 25.8 Å². The van der Waals surface area contributed by atoms with E-state index in [-0.39, 0.29) is 0 Å². The molecule has 2 rings (SSSR count). The highest BCUT2D eigenvalue weighted by Crippen LogP contribution is 2.26. The Balaban J connectivity index is 1.90. The molecule has 0 bridgehead atoms. The second-order valence-corrected chi connectivity index (χ2v) is 5.14. The minimum absolute atomic E-state index is 0.476. The zero-order chi connectivity index (χ0) is 12.6. The summed E-state index contributed by atoms with van der Waals surface area (Å²) in [6.45, 7) is 5.28. The van der Waals surface area contributed by atoms with Crippen LogP contribution in [0, 0.1) is 5.92 Å². The predicted octanol–water partition coefficient (Wildman–Crippen LogP) is 3.02. The van der Waals surface area contributed by atoms with Crippen molar-refractivity contribution in [1.82, 2.24) is 5.32 Å². The van der Waals surface area contributed by atoms with Crippen molar-refractivity contribution in [2.75, 3.05) is 19.7 Å². The topological polar surface area (TPSA) is 21.3 Å². The third kappa shape index (κ3) is 4.11. The molecule has 1 fully saturated rings. The highest BCUT2D eigenvalue weighted by molar-refractivity contribution is 5.15. The Morgan fingerprint density at radius 3 is 2.83 bits per heavy atom. The summed E-state index contributed by atoms with van der Waals surface area (Å²) in [5, 5.41) is 3.43. The molecule has 0 unspecified atom stereocenters. The van der Waals surface area contributed by atoms with Crippen LogP contribution in [0.2, 0.25) is 0 Å². The van der Waals surface area contributed by atoms with Crippen LogP contribution in [0.1, 0.15) is 31.7 Å². The summed E-state index contributed by atoms with van der Waals surface area (Å²) in [4.78, 5) is 0. The first-order valence-electron chi connectivity index (χ1n) is 7.26.